The molecule has 1 aromatic carbocycles. The van der Waals surface area contributed by atoms with E-state index in [-0.39, 0.29) is 12.0 Å². The molecule has 0 saturated heterocycles. The van der Waals surface area contributed by atoms with Gasteiger partial charge in [0, 0.05) is 0 Å². The van der Waals surface area contributed by atoms with Gasteiger partial charge in [0.1, 0.15) is 0 Å². The summed E-state index contributed by atoms with van der Waals surface area (Å²) in [6, 6.07) is 8.33. The molecule has 0 atom stereocenters. The van der Waals surface area contributed by atoms with Gasteiger partial charge < -0.3 is 9.84 Å². The number of aryl methyl sites for hydroxylation is 1. The van der Waals surface area contributed by atoms with E-state index in [9.17, 15) is 4.79 Å². The van der Waals surface area contributed by atoms with Gasteiger partial charge in [0.05, 0.1) is 18.6 Å². The van der Waals surface area contributed by atoms with Gasteiger partial charge in [0.25, 0.3) is 0 Å². The Hall–Kier alpha value is -1.35. The molecule has 0 aliphatic heterocycles. The van der Waals surface area contributed by atoms with Crippen LogP contribution in [-0.2, 0) is 16.1 Å². The highest BCUT2D eigenvalue weighted by Gasteiger charge is 2.26. The highest BCUT2D eigenvalue weighted by molar-refractivity contribution is 5.70. The van der Waals surface area contributed by atoms with Crippen molar-refractivity contribution in [1.29, 1.82) is 0 Å². The SMILES string of the molecule is Cc1ccc(COC2CCC(C(=O)O)CC2)cc1. The third kappa shape index (κ3) is 3.57. The number of carbonyl (C=O) groups is 1. The maximum Gasteiger partial charge on any atom is 0.306 e. The van der Waals surface area contributed by atoms with Gasteiger partial charge in [-0.1, -0.05) is 29.8 Å². The van der Waals surface area contributed by atoms with E-state index in [1.807, 2.05) is 0 Å². The third-order valence-corrected chi connectivity index (χ3v) is 3.63. The molecule has 1 aliphatic rings. The summed E-state index contributed by atoms with van der Waals surface area (Å²) in [6.45, 7) is 2.69. The van der Waals surface area contributed by atoms with E-state index in [0.717, 1.165) is 25.7 Å². The first-order valence-corrected chi connectivity index (χ1v) is 6.55. The summed E-state index contributed by atoms with van der Waals surface area (Å²) < 4.78 is 5.84. The number of carboxylic acid groups (broad SMARTS) is 1. The van der Waals surface area contributed by atoms with E-state index in [4.69, 9.17) is 9.84 Å². The van der Waals surface area contributed by atoms with Gasteiger partial charge in [-0.25, -0.2) is 0 Å². The number of hydrogen-bond donors (Lipinski definition) is 1. The fourth-order valence-corrected chi connectivity index (χ4v) is 2.37. The fraction of sp³-hybridized carbons (Fsp3) is 0.533. The highest BCUT2D eigenvalue weighted by atomic mass is 16.5. The van der Waals surface area contributed by atoms with E-state index in [0.29, 0.717) is 6.61 Å². The van der Waals surface area contributed by atoms with Crippen molar-refractivity contribution in [3.63, 3.8) is 0 Å². The number of benzene rings is 1. The minimum Gasteiger partial charge on any atom is -0.481 e. The zero-order valence-electron chi connectivity index (χ0n) is 10.8. The Morgan fingerprint density at radius 3 is 2.39 bits per heavy atom. The molecule has 2 rings (SSSR count). The Morgan fingerprint density at radius 2 is 1.83 bits per heavy atom. The number of carboxylic acids is 1. The Kier molecular flexibility index (Phi) is 4.37. The molecule has 0 bridgehead atoms. The van der Waals surface area contributed by atoms with Crippen molar-refractivity contribution in [3.8, 4) is 0 Å². The Balaban J connectivity index is 1.75. The number of ether oxygens (including phenoxy) is 1. The quantitative estimate of drug-likeness (QED) is 0.890. The minimum absolute atomic E-state index is 0.163. The Bertz CT molecular complexity index is 389. The average Bonchev–Trinajstić information content (AvgIpc) is 2.38. The molecule has 0 radical (unpaired) electrons. The molecule has 0 unspecified atom stereocenters. The molecule has 0 heterocycles. The summed E-state index contributed by atoms with van der Waals surface area (Å²) in [6.07, 6.45) is 3.44. The molecule has 0 amide bonds. The van der Waals surface area contributed by atoms with Gasteiger partial charge >= 0.3 is 5.97 Å². The minimum atomic E-state index is -0.660. The van der Waals surface area contributed by atoms with Gasteiger partial charge in [0.2, 0.25) is 0 Å². The molecule has 1 aromatic rings. The maximum atomic E-state index is 10.8. The summed E-state index contributed by atoms with van der Waals surface area (Å²) in [5.74, 6) is -0.823. The zero-order valence-corrected chi connectivity index (χ0v) is 10.8. The van der Waals surface area contributed by atoms with Crippen molar-refractivity contribution in [2.75, 3.05) is 0 Å². The molecule has 1 fully saturated rings. The summed E-state index contributed by atoms with van der Waals surface area (Å²) in [5, 5.41) is 8.92. The van der Waals surface area contributed by atoms with Crippen LogP contribution in [-0.4, -0.2) is 17.2 Å². The first kappa shape index (κ1) is 13.1. The highest BCUT2D eigenvalue weighted by Crippen LogP contribution is 2.26. The van der Waals surface area contributed by atoms with Crippen LogP contribution in [0.3, 0.4) is 0 Å². The lowest BCUT2D eigenvalue weighted by molar-refractivity contribution is -0.143. The van der Waals surface area contributed by atoms with Crippen molar-refractivity contribution >= 4 is 5.97 Å². The summed E-state index contributed by atoms with van der Waals surface area (Å²) >= 11 is 0. The van der Waals surface area contributed by atoms with Crippen molar-refractivity contribution in [1.82, 2.24) is 0 Å². The van der Waals surface area contributed by atoms with Crippen molar-refractivity contribution in [2.45, 2.75) is 45.3 Å². The van der Waals surface area contributed by atoms with Crippen LogP contribution >= 0.6 is 0 Å². The van der Waals surface area contributed by atoms with Crippen molar-refractivity contribution < 1.29 is 14.6 Å². The first-order chi connectivity index (χ1) is 8.65. The molecule has 1 aliphatic carbocycles. The number of aliphatic carboxylic acids is 1. The topological polar surface area (TPSA) is 46.5 Å². The number of hydrogen-bond acceptors (Lipinski definition) is 2. The summed E-state index contributed by atoms with van der Waals surface area (Å²) in [4.78, 5) is 10.8. The lowest BCUT2D eigenvalue weighted by Crippen LogP contribution is -2.25. The van der Waals surface area contributed by atoms with E-state index >= 15 is 0 Å². The van der Waals surface area contributed by atoms with Gasteiger partial charge in [-0.15, -0.1) is 0 Å². The van der Waals surface area contributed by atoms with Gasteiger partial charge in [-0.3, -0.25) is 4.79 Å². The van der Waals surface area contributed by atoms with Crippen LogP contribution < -0.4 is 0 Å². The molecule has 1 N–H and O–H groups in total. The summed E-state index contributed by atoms with van der Waals surface area (Å²) in [5.41, 5.74) is 2.43. The largest absolute Gasteiger partial charge is 0.481 e. The molecule has 0 aromatic heterocycles. The Labute approximate surface area is 108 Å². The van der Waals surface area contributed by atoms with Gasteiger partial charge in [-0.05, 0) is 38.2 Å². The molecule has 0 spiro atoms. The smallest absolute Gasteiger partial charge is 0.306 e. The van der Waals surface area contributed by atoms with Crippen LogP contribution in [0.5, 0.6) is 0 Å². The van der Waals surface area contributed by atoms with E-state index in [1.165, 1.54) is 11.1 Å². The van der Waals surface area contributed by atoms with Crippen LogP contribution in [0.2, 0.25) is 0 Å². The van der Waals surface area contributed by atoms with E-state index in [1.54, 1.807) is 0 Å². The van der Waals surface area contributed by atoms with E-state index in [2.05, 4.69) is 31.2 Å². The lowest BCUT2D eigenvalue weighted by Gasteiger charge is -2.26. The monoisotopic (exact) mass is 248 g/mol. The molecule has 1 saturated carbocycles. The second kappa shape index (κ2) is 6.01. The molecular formula is C15H20O3. The van der Waals surface area contributed by atoms with Crippen molar-refractivity contribution in [3.05, 3.63) is 35.4 Å². The average molecular weight is 248 g/mol. The standard InChI is InChI=1S/C15H20O3/c1-11-2-4-12(5-3-11)10-18-14-8-6-13(7-9-14)15(16)17/h2-5,13-14H,6-10H2,1H3,(H,16,17). The molecule has 3 nitrogen and oxygen atoms in total. The van der Waals surface area contributed by atoms with E-state index < -0.39 is 5.97 Å². The zero-order chi connectivity index (χ0) is 13.0. The van der Waals surface area contributed by atoms with Crippen LogP contribution in [0.15, 0.2) is 24.3 Å². The van der Waals surface area contributed by atoms with Gasteiger partial charge in [0.15, 0.2) is 0 Å². The lowest BCUT2D eigenvalue weighted by atomic mass is 9.87. The first-order valence-electron chi connectivity index (χ1n) is 6.55. The molecule has 18 heavy (non-hydrogen) atoms. The molecule has 3 heteroatoms. The maximum absolute atomic E-state index is 10.8. The molecule has 98 valence electrons. The van der Waals surface area contributed by atoms with Crippen LogP contribution in [0.1, 0.15) is 36.8 Å². The van der Waals surface area contributed by atoms with Crippen LogP contribution in [0.25, 0.3) is 0 Å². The number of rotatable bonds is 4. The van der Waals surface area contributed by atoms with Gasteiger partial charge in [-0.2, -0.15) is 0 Å². The predicted molar refractivity (Wildman–Crippen MR) is 69.3 cm³/mol. The second-order valence-corrected chi connectivity index (χ2v) is 5.11. The summed E-state index contributed by atoms with van der Waals surface area (Å²) in [7, 11) is 0. The molecular weight excluding hydrogens is 228 g/mol. The van der Waals surface area contributed by atoms with Crippen LogP contribution in [0.4, 0.5) is 0 Å². The predicted octanol–water partition coefficient (Wildman–Crippen LogP) is 3.16. The fourth-order valence-electron chi connectivity index (χ4n) is 2.37. The Morgan fingerprint density at radius 1 is 1.22 bits per heavy atom. The van der Waals surface area contributed by atoms with Crippen LogP contribution in [0, 0.1) is 12.8 Å². The normalized spacial score (nSPS) is 23.8. The van der Waals surface area contributed by atoms with Crippen molar-refractivity contribution in [2.24, 2.45) is 5.92 Å². The second-order valence-electron chi connectivity index (χ2n) is 5.11. The third-order valence-electron chi connectivity index (χ3n) is 3.63.